The lowest BCUT2D eigenvalue weighted by atomic mass is 9.97. The molecule has 0 bridgehead atoms. The lowest BCUT2D eigenvalue weighted by Gasteiger charge is -2.31. The molecule has 1 aromatic heterocycles. The van der Waals surface area contributed by atoms with Crippen LogP contribution in [0.4, 0.5) is 0 Å². The van der Waals surface area contributed by atoms with Crippen molar-refractivity contribution in [2.75, 3.05) is 19.7 Å². The highest BCUT2D eigenvalue weighted by molar-refractivity contribution is 5.76. The monoisotopic (exact) mass is 293 g/mol. The van der Waals surface area contributed by atoms with Crippen molar-refractivity contribution in [3.63, 3.8) is 0 Å². The maximum atomic E-state index is 12.3. The molecule has 0 unspecified atom stereocenters. The fraction of sp³-hybridized carbons (Fsp3) is 0.800. The lowest BCUT2D eigenvalue weighted by molar-refractivity contribution is -0.133. The van der Waals surface area contributed by atoms with Crippen molar-refractivity contribution in [1.29, 1.82) is 0 Å². The minimum absolute atomic E-state index is 0.211. The first-order valence-electron chi connectivity index (χ1n) is 7.92. The van der Waals surface area contributed by atoms with Crippen molar-refractivity contribution in [2.24, 2.45) is 0 Å². The molecule has 2 atom stereocenters. The quantitative estimate of drug-likeness (QED) is 0.849. The Kier molecular flexibility index (Phi) is 4.53. The number of ether oxygens (including phenoxy) is 1. The molecule has 6 nitrogen and oxygen atoms in total. The van der Waals surface area contributed by atoms with Gasteiger partial charge in [0.1, 0.15) is 0 Å². The molecule has 0 spiro atoms. The number of carbonyl (C=O) groups excluding carboxylic acids is 1. The molecule has 116 valence electrons. The van der Waals surface area contributed by atoms with E-state index in [9.17, 15) is 4.79 Å². The summed E-state index contributed by atoms with van der Waals surface area (Å²) in [6.45, 7) is 4.20. The summed E-state index contributed by atoms with van der Waals surface area (Å²) in [6.07, 6.45) is 5.97. The molecule has 2 aliphatic heterocycles. The molecule has 1 amide bonds. The van der Waals surface area contributed by atoms with Crippen molar-refractivity contribution < 1.29 is 14.1 Å². The van der Waals surface area contributed by atoms with Gasteiger partial charge in [-0.1, -0.05) is 5.16 Å². The van der Waals surface area contributed by atoms with Crippen LogP contribution in [0.2, 0.25) is 0 Å². The van der Waals surface area contributed by atoms with Gasteiger partial charge in [-0.05, 0) is 32.1 Å². The van der Waals surface area contributed by atoms with Crippen LogP contribution in [0.15, 0.2) is 4.52 Å². The van der Waals surface area contributed by atoms with E-state index in [4.69, 9.17) is 9.26 Å². The number of carbonyl (C=O) groups is 1. The molecule has 0 N–H and O–H groups in total. The van der Waals surface area contributed by atoms with Crippen molar-refractivity contribution in [2.45, 2.75) is 57.5 Å². The average Bonchev–Trinajstić information content (AvgIpc) is 3.16. The van der Waals surface area contributed by atoms with E-state index in [2.05, 4.69) is 10.1 Å². The van der Waals surface area contributed by atoms with E-state index >= 15 is 0 Å². The van der Waals surface area contributed by atoms with Crippen molar-refractivity contribution in [3.05, 3.63) is 11.7 Å². The number of piperidine rings is 1. The van der Waals surface area contributed by atoms with Gasteiger partial charge < -0.3 is 14.2 Å². The largest absolute Gasteiger partial charge is 0.378 e. The summed E-state index contributed by atoms with van der Waals surface area (Å²) in [4.78, 5) is 18.6. The molecule has 0 aromatic carbocycles. The summed E-state index contributed by atoms with van der Waals surface area (Å²) in [7, 11) is 0. The average molecular weight is 293 g/mol. The topological polar surface area (TPSA) is 68.5 Å². The lowest BCUT2D eigenvalue weighted by Crippen LogP contribution is -2.39. The summed E-state index contributed by atoms with van der Waals surface area (Å²) in [5.41, 5.74) is 0. The number of likely N-dealkylation sites (tertiary alicyclic amines) is 1. The minimum Gasteiger partial charge on any atom is -0.378 e. The number of amides is 1. The molecule has 3 rings (SSSR count). The second kappa shape index (κ2) is 6.56. The van der Waals surface area contributed by atoms with Gasteiger partial charge in [0.05, 0.1) is 6.10 Å². The van der Waals surface area contributed by atoms with Crippen LogP contribution >= 0.6 is 0 Å². The van der Waals surface area contributed by atoms with Crippen LogP contribution in [0, 0.1) is 6.92 Å². The highest BCUT2D eigenvalue weighted by atomic mass is 16.5. The Morgan fingerprint density at radius 1 is 1.38 bits per heavy atom. The van der Waals surface area contributed by atoms with Gasteiger partial charge >= 0.3 is 0 Å². The van der Waals surface area contributed by atoms with E-state index in [1.54, 1.807) is 6.92 Å². The molecule has 0 saturated carbocycles. The Morgan fingerprint density at radius 3 is 3.00 bits per heavy atom. The molecule has 2 fully saturated rings. The number of aryl methyl sites for hydroxylation is 1. The van der Waals surface area contributed by atoms with Crippen molar-refractivity contribution in [1.82, 2.24) is 15.0 Å². The number of aromatic nitrogens is 2. The van der Waals surface area contributed by atoms with E-state index in [0.717, 1.165) is 51.1 Å². The molecule has 1 aromatic rings. The molecule has 6 heteroatoms. The van der Waals surface area contributed by atoms with E-state index in [0.29, 0.717) is 18.9 Å². The van der Waals surface area contributed by atoms with Gasteiger partial charge in [0.15, 0.2) is 5.82 Å². The predicted octanol–water partition coefficient (Wildman–Crippen LogP) is 2.04. The SMILES string of the molecule is Cc1nc([C@@H]2CCCN(C(=O)CC[C@H]3CCCO3)C2)no1. The van der Waals surface area contributed by atoms with Crippen LogP contribution in [0.5, 0.6) is 0 Å². The summed E-state index contributed by atoms with van der Waals surface area (Å²) < 4.78 is 10.6. The normalized spacial score (nSPS) is 26.2. The van der Waals surface area contributed by atoms with E-state index in [1.165, 1.54) is 0 Å². The second-order valence-electron chi connectivity index (χ2n) is 6.02. The third-order valence-corrected chi connectivity index (χ3v) is 4.39. The zero-order valence-corrected chi connectivity index (χ0v) is 12.6. The van der Waals surface area contributed by atoms with Gasteiger partial charge in [-0.25, -0.2) is 0 Å². The van der Waals surface area contributed by atoms with Gasteiger partial charge in [0.25, 0.3) is 0 Å². The zero-order valence-electron chi connectivity index (χ0n) is 12.6. The van der Waals surface area contributed by atoms with Gasteiger partial charge in [-0.3, -0.25) is 4.79 Å². The van der Waals surface area contributed by atoms with Crippen LogP contribution < -0.4 is 0 Å². The zero-order chi connectivity index (χ0) is 14.7. The van der Waals surface area contributed by atoms with Crippen LogP contribution in [-0.2, 0) is 9.53 Å². The summed E-state index contributed by atoms with van der Waals surface area (Å²) in [5.74, 6) is 1.77. The fourth-order valence-electron chi connectivity index (χ4n) is 3.21. The first kappa shape index (κ1) is 14.5. The maximum Gasteiger partial charge on any atom is 0.223 e. The number of nitrogens with zero attached hydrogens (tertiary/aromatic N) is 3. The fourth-order valence-corrected chi connectivity index (χ4v) is 3.21. The Bertz CT molecular complexity index is 482. The van der Waals surface area contributed by atoms with Crippen LogP contribution in [0.3, 0.4) is 0 Å². The van der Waals surface area contributed by atoms with Crippen LogP contribution in [-0.4, -0.2) is 46.7 Å². The molecule has 2 aliphatic rings. The first-order chi connectivity index (χ1) is 10.2. The Hall–Kier alpha value is -1.43. The van der Waals surface area contributed by atoms with E-state index in [-0.39, 0.29) is 17.9 Å². The van der Waals surface area contributed by atoms with Gasteiger partial charge in [-0.2, -0.15) is 4.98 Å². The van der Waals surface area contributed by atoms with Crippen molar-refractivity contribution in [3.8, 4) is 0 Å². The van der Waals surface area contributed by atoms with E-state index < -0.39 is 0 Å². The van der Waals surface area contributed by atoms with Gasteiger partial charge in [-0.15, -0.1) is 0 Å². The Morgan fingerprint density at radius 2 is 2.29 bits per heavy atom. The summed E-state index contributed by atoms with van der Waals surface area (Å²) in [5, 5.41) is 4.00. The minimum atomic E-state index is 0.211. The molecule has 2 saturated heterocycles. The Labute approximate surface area is 124 Å². The third-order valence-electron chi connectivity index (χ3n) is 4.39. The van der Waals surface area contributed by atoms with Gasteiger partial charge in [0.2, 0.25) is 11.8 Å². The maximum absolute atomic E-state index is 12.3. The molecular formula is C15H23N3O3. The number of rotatable bonds is 4. The summed E-state index contributed by atoms with van der Waals surface area (Å²) >= 11 is 0. The molecule has 0 radical (unpaired) electrons. The molecule has 21 heavy (non-hydrogen) atoms. The van der Waals surface area contributed by atoms with Crippen molar-refractivity contribution >= 4 is 5.91 Å². The van der Waals surface area contributed by atoms with Gasteiger partial charge in [0, 0.05) is 39.0 Å². The number of hydrogen-bond donors (Lipinski definition) is 0. The predicted molar refractivity (Wildman–Crippen MR) is 75.8 cm³/mol. The summed E-state index contributed by atoms with van der Waals surface area (Å²) in [6, 6.07) is 0. The highest BCUT2D eigenvalue weighted by Crippen LogP contribution is 2.26. The van der Waals surface area contributed by atoms with E-state index in [1.807, 2.05) is 4.90 Å². The second-order valence-corrected chi connectivity index (χ2v) is 6.02. The van der Waals surface area contributed by atoms with Crippen LogP contribution in [0.1, 0.15) is 56.2 Å². The smallest absolute Gasteiger partial charge is 0.223 e. The number of hydrogen-bond acceptors (Lipinski definition) is 5. The Balaban J connectivity index is 1.51. The highest BCUT2D eigenvalue weighted by Gasteiger charge is 2.28. The standard InChI is InChI=1S/C15H23N3O3/c1-11-16-15(17-21-11)12-4-2-8-18(10-12)14(19)7-6-13-5-3-9-20-13/h12-13H,2-10H2,1H3/t12-,13-/m1/s1. The molecule has 0 aliphatic carbocycles. The molecule has 3 heterocycles. The van der Waals surface area contributed by atoms with Crippen LogP contribution in [0.25, 0.3) is 0 Å². The first-order valence-corrected chi connectivity index (χ1v) is 7.92. The molecular weight excluding hydrogens is 270 g/mol. The third kappa shape index (κ3) is 3.61.